The Labute approximate surface area is 330 Å². The molecular weight excluding hydrogens is 719 g/mol. The third-order valence-electron chi connectivity index (χ3n) is 10.9. The van der Waals surface area contributed by atoms with Crippen molar-refractivity contribution in [3.05, 3.63) is 176 Å². The molecule has 0 saturated heterocycles. The summed E-state index contributed by atoms with van der Waals surface area (Å²) in [5, 5.41) is 6.75. The maximum atomic E-state index is 6.92. The number of benzene rings is 8. The summed E-state index contributed by atoms with van der Waals surface area (Å²) in [6.07, 6.45) is 0. The monoisotopic (exact) mass is 747 g/mol. The van der Waals surface area contributed by atoms with Crippen molar-refractivity contribution < 1.29 is 8.83 Å². The molecule has 0 unspecified atom stereocenters. The zero-order valence-corrected chi connectivity index (χ0v) is 31.1. The molecular formula is C51H29N3O2S. The standard InChI is InChI=1S/C51H29N3O2S/c1-3-13-30(14-4-1)49-52-50(31-15-5-2-6-16-31)54-51(53-49)32-25-26-35-37-20-12-21-38(47(37)56-43(35)28-32)41-27-33(29-44-46(41)40-18-7-9-23-42(40)55-44)34-19-11-22-39-36-17-8-10-24-45(36)57-48(34)39/h1-29H. The molecule has 12 aromatic rings. The van der Waals surface area contributed by atoms with E-state index in [4.69, 9.17) is 23.8 Å². The second-order valence-electron chi connectivity index (χ2n) is 14.3. The van der Waals surface area contributed by atoms with E-state index in [0.29, 0.717) is 17.5 Å². The molecule has 0 N–H and O–H groups in total. The van der Waals surface area contributed by atoms with E-state index >= 15 is 0 Å². The molecule has 0 fully saturated rings. The van der Waals surface area contributed by atoms with E-state index in [2.05, 4.69) is 103 Å². The van der Waals surface area contributed by atoms with Gasteiger partial charge in [-0.3, -0.25) is 0 Å². The number of thiophene rings is 1. The maximum Gasteiger partial charge on any atom is 0.164 e. The summed E-state index contributed by atoms with van der Waals surface area (Å²) in [6, 6.07) is 60.8. The molecule has 6 heteroatoms. The zero-order chi connectivity index (χ0) is 37.5. The highest BCUT2D eigenvalue weighted by atomic mass is 32.1. The van der Waals surface area contributed by atoms with Gasteiger partial charge >= 0.3 is 0 Å². The SMILES string of the molecule is c1ccc(-c2nc(-c3ccccc3)nc(-c3ccc4c(c3)oc3c(-c5cc(-c6cccc7c6sc6ccccc67)cc6oc7ccccc7c56)cccc34)n2)cc1. The summed E-state index contributed by atoms with van der Waals surface area (Å²) in [6.45, 7) is 0. The molecule has 5 nitrogen and oxygen atoms in total. The highest BCUT2D eigenvalue weighted by molar-refractivity contribution is 7.26. The first kappa shape index (κ1) is 31.9. The molecule has 0 amide bonds. The Morgan fingerprint density at radius 1 is 0.351 bits per heavy atom. The minimum absolute atomic E-state index is 0.583. The van der Waals surface area contributed by atoms with Crippen LogP contribution < -0.4 is 0 Å². The van der Waals surface area contributed by atoms with Gasteiger partial charge in [-0.05, 0) is 53.1 Å². The minimum Gasteiger partial charge on any atom is -0.456 e. The van der Waals surface area contributed by atoms with E-state index in [0.717, 1.165) is 77.3 Å². The third kappa shape index (κ3) is 5.12. The second-order valence-corrected chi connectivity index (χ2v) is 15.4. The van der Waals surface area contributed by atoms with Crippen LogP contribution in [0.1, 0.15) is 0 Å². The molecule has 0 saturated carbocycles. The summed E-state index contributed by atoms with van der Waals surface area (Å²) in [7, 11) is 0. The van der Waals surface area contributed by atoms with E-state index in [9.17, 15) is 0 Å². The highest BCUT2D eigenvalue weighted by Crippen LogP contribution is 2.46. The zero-order valence-electron chi connectivity index (χ0n) is 30.3. The molecule has 0 aliphatic rings. The Kier molecular flexibility index (Phi) is 7.03. The lowest BCUT2D eigenvalue weighted by molar-refractivity contribution is 0.669. The van der Waals surface area contributed by atoms with E-state index in [-0.39, 0.29) is 0 Å². The van der Waals surface area contributed by atoms with Crippen LogP contribution in [0, 0.1) is 0 Å². The van der Waals surface area contributed by atoms with Crippen LogP contribution in [0.4, 0.5) is 0 Å². The van der Waals surface area contributed by atoms with E-state index < -0.39 is 0 Å². The van der Waals surface area contributed by atoms with Crippen molar-refractivity contribution in [1.82, 2.24) is 15.0 Å². The summed E-state index contributed by atoms with van der Waals surface area (Å²) < 4.78 is 16.1. The first-order chi connectivity index (χ1) is 28.2. The highest BCUT2D eigenvalue weighted by Gasteiger charge is 2.21. The first-order valence-electron chi connectivity index (χ1n) is 18.9. The van der Waals surface area contributed by atoms with Gasteiger partial charge in [-0.2, -0.15) is 0 Å². The van der Waals surface area contributed by atoms with Gasteiger partial charge in [0, 0.05) is 64.0 Å². The van der Waals surface area contributed by atoms with Gasteiger partial charge < -0.3 is 8.83 Å². The number of fused-ring (bicyclic) bond motifs is 9. The van der Waals surface area contributed by atoms with Gasteiger partial charge in [0.15, 0.2) is 17.5 Å². The van der Waals surface area contributed by atoms with Gasteiger partial charge in [0.2, 0.25) is 0 Å². The summed E-state index contributed by atoms with van der Waals surface area (Å²) in [4.78, 5) is 14.9. The van der Waals surface area contributed by atoms with Gasteiger partial charge in [-0.1, -0.05) is 140 Å². The largest absolute Gasteiger partial charge is 0.456 e. The Morgan fingerprint density at radius 3 is 1.74 bits per heavy atom. The van der Waals surface area contributed by atoms with Crippen molar-refractivity contribution >= 4 is 75.4 Å². The molecule has 8 aromatic carbocycles. The molecule has 0 aliphatic heterocycles. The fourth-order valence-corrected chi connectivity index (χ4v) is 9.52. The molecule has 12 rings (SSSR count). The van der Waals surface area contributed by atoms with Gasteiger partial charge in [0.1, 0.15) is 22.3 Å². The van der Waals surface area contributed by atoms with Gasteiger partial charge in [0.05, 0.1) is 0 Å². The average Bonchev–Trinajstić information content (AvgIpc) is 3.97. The van der Waals surface area contributed by atoms with Crippen molar-refractivity contribution in [3.8, 4) is 56.4 Å². The van der Waals surface area contributed by atoms with Crippen molar-refractivity contribution in [2.75, 3.05) is 0 Å². The molecule has 0 aliphatic carbocycles. The van der Waals surface area contributed by atoms with Crippen molar-refractivity contribution in [2.24, 2.45) is 0 Å². The Bertz CT molecular complexity index is 3470. The molecule has 4 heterocycles. The quantitative estimate of drug-likeness (QED) is 0.175. The Morgan fingerprint density at radius 2 is 0.965 bits per heavy atom. The molecule has 266 valence electrons. The number of nitrogens with zero attached hydrogens (tertiary/aromatic N) is 3. The van der Waals surface area contributed by atoms with Gasteiger partial charge in [-0.25, -0.2) is 15.0 Å². The number of rotatable bonds is 5. The van der Waals surface area contributed by atoms with Gasteiger partial charge in [-0.15, -0.1) is 11.3 Å². The lowest BCUT2D eigenvalue weighted by atomic mass is 9.93. The average molecular weight is 748 g/mol. The predicted octanol–water partition coefficient (Wildman–Crippen LogP) is 14.4. The van der Waals surface area contributed by atoms with Crippen LogP contribution in [-0.4, -0.2) is 15.0 Å². The Balaban J connectivity index is 1.07. The van der Waals surface area contributed by atoms with Crippen LogP contribution in [0.25, 0.3) is 120 Å². The van der Waals surface area contributed by atoms with Crippen LogP contribution >= 0.6 is 11.3 Å². The third-order valence-corrected chi connectivity index (χ3v) is 12.2. The lowest BCUT2D eigenvalue weighted by Crippen LogP contribution is -2.00. The van der Waals surface area contributed by atoms with Crippen molar-refractivity contribution in [1.29, 1.82) is 0 Å². The van der Waals surface area contributed by atoms with E-state index in [1.54, 1.807) is 0 Å². The predicted molar refractivity (Wildman–Crippen MR) is 234 cm³/mol. The van der Waals surface area contributed by atoms with Crippen LogP contribution in [0.3, 0.4) is 0 Å². The maximum absolute atomic E-state index is 6.92. The smallest absolute Gasteiger partial charge is 0.164 e. The summed E-state index contributed by atoms with van der Waals surface area (Å²) >= 11 is 1.84. The van der Waals surface area contributed by atoms with E-state index in [1.807, 2.05) is 84.1 Å². The lowest BCUT2D eigenvalue weighted by Gasteiger charge is -2.10. The van der Waals surface area contributed by atoms with Crippen LogP contribution in [0.2, 0.25) is 0 Å². The number of hydrogen-bond donors (Lipinski definition) is 0. The van der Waals surface area contributed by atoms with Crippen LogP contribution in [-0.2, 0) is 0 Å². The van der Waals surface area contributed by atoms with E-state index in [1.165, 1.54) is 25.7 Å². The summed E-state index contributed by atoms with van der Waals surface area (Å²) in [5.74, 6) is 1.82. The molecule has 0 radical (unpaired) electrons. The fourth-order valence-electron chi connectivity index (χ4n) is 8.28. The molecule has 0 spiro atoms. The number of aromatic nitrogens is 3. The first-order valence-corrected chi connectivity index (χ1v) is 19.7. The number of furan rings is 2. The van der Waals surface area contributed by atoms with Gasteiger partial charge in [0.25, 0.3) is 0 Å². The Hall–Kier alpha value is -7.41. The number of para-hydroxylation sites is 2. The molecule has 0 bridgehead atoms. The molecule has 0 atom stereocenters. The second kappa shape index (κ2) is 12.6. The normalized spacial score (nSPS) is 11.9. The van der Waals surface area contributed by atoms with Crippen LogP contribution in [0.15, 0.2) is 185 Å². The number of hydrogen-bond acceptors (Lipinski definition) is 6. The molecule has 4 aromatic heterocycles. The van der Waals surface area contributed by atoms with Crippen molar-refractivity contribution in [3.63, 3.8) is 0 Å². The molecule has 57 heavy (non-hydrogen) atoms. The van der Waals surface area contributed by atoms with Crippen molar-refractivity contribution in [2.45, 2.75) is 0 Å². The van der Waals surface area contributed by atoms with Crippen LogP contribution in [0.5, 0.6) is 0 Å². The topological polar surface area (TPSA) is 65.0 Å². The minimum atomic E-state index is 0.583. The summed E-state index contributed by atoms with van der Waals surface area (Å²) in [5.41, 5.74) is 10.3. The fraction of sp³-hybridized carbons (Fsp3) is 0.